The fourth-order valence-corrected chi connectivity index (χ4v) is 3.79. The minimum Gasteiger partial charge on any atom is -0.342 e. The van der Waals surface area contributed by atoms with Gasteiger partial charge in [0.2, 0.25) is 17.7 Å². The Hall–Kier alpha value is -3.79. The molecule has 1 aliphatic heterocycles. The van der Waals surface area contributed by atoms with Gasteiger partial charge in [-0.3, -0.25) is 24.5 Å². The van der Waals surface area contributed by atoms with Crippen LogP contribution >= 0.6 is 0 Å². The van der Waals surface area contributed by atoms with Crippen LogP contribution in [-0.2, 0) is 20.8 Å². The van der Waals surface area contributed by atoms with Crippen LogP contribution in [0.3, 0.4) is 0 Å². The van der Waals surface area contributed by atoms with Gasteiger partial charge in [-0.1, -0.05) is 30.3 Å². The van der Waals surface area contributed by atoms with Crippen LogP contribution in [0.2, 0.25) is 0 Å². The monoisotopic (exact) mass is 453 g/mol. The van der Waals surface area contributed by atoms with Gasteiger partial charge in [-0.05, 0) is 37.5 Å². The lowest BCUT2D eigenvalue weighted by Gasteiger charge is -2.27. The highest BCUT2D eigenvalue weighted by Gasteiger charge is 2.36. The number of carbonyl (C=O) groups is 3. The highest BCUT2D eigenvalue weighted by molar-refractivity contribution is 5.99. The zero-order chi connectivity index (χ0) is 24.0. The van der Waals surface area contributed by atoms with Gasteiger partial charge in [0.05, 0.1) is 11.0 Å². The molecule has 33 heavy (non-hydrogen) atoms. The number of nitro benzene ring substituents is 1. The molecule has 2 aromatic carbocycles. The number of nitrogens with two attached hydrogens (primary N) is 1. The Morgan fingerprint density at radius 2 is 1.82 bits per heavy atom. The van der Waals surface area contributed by atoms with Gasteiger partial charge in [0, 0.05) is 30.8 Å². The maximum atomic E-state index is 13.1. The highest BCUT2D eigenvalue weighted by Crippen LogP contribution is 2.20. The molecule has 0 spiro atoms. The number of non-ortho nitro benzene ring substituents is 1. The van der Waals surface area contributed by atoms with E-state index in [1.54, 1.807) is 6.92 Å². The Kier molecular flexibility index (Phi) is 7.73. The van der Waals surface area contributed by atoms with Crippen LogP contribution in [0.15, 0.2) is 54.6 Å². The van der Waals surface area contributed by atoms with Gasteiger partial charge in [0.25, 0.3) is 5.69 Å². The van der Waals surface area contributed by atoms with Gasteiger partial charge in [0.1, 0.15) is 12.1 Å². The second kappa shape index (κ2) is 10.7. The van der Waals surface area contributed by atoms with Gasteiger partial charge >= 0.3 is 0 Å². The zero-order valence-corrected chi connectivity index (χ0v) is 18.3. The van der Waals surface area contributed by atoms with Crippen LogP contribution in [0.5, 0.6) is 0 Å². The van der Waals surface area contributed by atoms with Crippen LogP contribution < -0.4 is 16.4 Å². The average Bonchev–Trinajstić information content (AvgIpc) is 3.29. The molecule has 2 aromatic rings. The van der Waals surface area contributed by atoms with Crippen molar-refractivity contribution in [3.8, 4) is 0 Å². The van der Waals surface area contributed by atoms with Gasteiger partial charge in [-0.15, -0.1) is 0 Å². The second-order valence-corrected chi connectivity index (χ2v) is 8.02. The number of hydrogen-bond acceptors (Lipinski definition) is 6. The molecule has 0 bridgehead atoms. The fraction of sp³-hybridized carbons (Fsp3) is 0.348. The van der Waals surface area contributed by atoms with E-state index in [1.807, 2.05) is 30.3 Å². The van der Waals surface area contributed by atoms with Gasteiger partial charge in [0.15, 0.2) is 0 Å². The van der Waals surface area contributed by atoms with E-state index in [1.165, 1.54) is 29.2 Å². The van der Waals surface area contributed by atoms with Gasteiger partial charge in [-0.25, -0.2) is 0 Å². The van der Waals surface area contributed by atoms with Crippen molar-refractivity contribution in [1.29, 1.82) is 0 Å². The Morgan fingerprint density at radius 1 is 1.15 bits per heavy atom. The van der Waals surface area contributed by atoms with Crippen LogP contribution in [0.1, 0.15) is 25.3 Å². The molecule has 10 nitrogen and oxygen atoms in total. The van der Waals surface area contributed by atoms with Crippen molar-refractivity contribution in [3.05, 3.63) is 70.3 Å². The van der Waals surface area contributed by atoms with E-state index in [4.69, 9.17) is 5.73 Å². The Labute approximate surface area is 191 Å². The van der Waals surface area contributed by atoms with Crippen LogP contribution in [0, 0.1) is 10.1 Å². The second-order valence-electron chi connectivity index (χ2n) is 8.02. The molecule has 0 saturated carbocycles. The van der Waals surface area contributed by atoms with Crippen LogP contribution in [-0.4, -0.2) is 52.2 Å². The van der Waals surface area contributed by atoms with E-state index >= 15 is 0 Å². The molecule has 174 valence electrons. The first-order chi connectivity index (χ1) is 15.8. The Bertz CT molecular complexity index is 1010. The summed E-state index contributed by atoms with van der Waals surface area (Å²) in [6, 6.07) is 12.3. The minimum atomic E-state index is -0.914. The summed E-state index contributed by atoms with van der Waals surface area (Å²) in [5.74, 6) is -1.19. The summed E-state index contributed by atoms with van der Waals surface area (Å²) >= 11 is 0. The molecule has 10 heteroatoms. The minimum absolute atomic E-state index is 0.0951. The van der Waals surface area contributed by atoms with Crippen LogP contribution in [0.25, 0.3) is 0 Å². The molecule has 3 amide bonds. The highest BCUT2D eigenvalue weighted by atomic mass is 16.6. The van der Waals surface area contributed by atoms with Crippen molar-refractivity contribution in [2.75, 3.05) is 11.9 Å². The SMILES string of the molecule is C[C@H](N)C(=O)N1CCC[C@H]1C(=O)N[C@@H](Cc1ccccc1)C(=O)Nc1ccc([N+](=O)[O-])cc1. The normalized spacial score (nSPS) is 17.2. The topological polar surface area (TPSA) is 148 Å². The number of benzene rings is 2. The molecule has 0 aromatic heterocycles. The van der Waals surface area contributed by atoms with Crippen molar-refractivity contribution >= 4 is 29.1 Å². The molecular formula is C23H27N5O5. The third-order valence-electron chi connectivity index (χ3n) is 5.49. The molecule has 0 unspecified atom stereocenters. The summed E-state index contributed by atoms with van der Waals surface area (Å²) in [4.78, 5) is 50.3. The van der Waals surface area contributed by atoms with E-state index in [9.17, 15) is 24.5 Å². The number of rotatable bonds is 8. The first kappa shape index (κ1) is 23.9. The number of nitrogens with one attached hydrogen (secondary N) is 2. The number of amides is 3. The Balaban J connectivity index is 1.76. The molecule has 3 rings (SSSR count). The summed E-state index contributed by atoms with van der Waals surface area (Å²) in [5.41, 5.74) is 6.83. The molecular weight excluding hydrogens is 426 g/mol. The quantitative estimate of drug-likeness (QED) is 0.408. The maximum Gasteiger partial charge on any atom is 0.269 e. The van der Waals surface area contributed by atoms with Crippen molar-refractivity contribution in [2.24, 2.45) is 5.73 Å². The molecule has 3 atom stereocenters. The number of anilines is 1. The van der Waals surface area contributed by atoms with Crippen molar-refractivity contribution in [3.63, 3.8) is 0 Å². The lowest BCUT2D eigenvalue weighted by atomic mass is 10.0. The van der Waals surface area contributed by atoms with E-state index in [-0.39, 0.29) is 18.0 Å². The predicted octanol–water partition coefficient (Wildman–Crippen LogP) is 1.60. The van der Waals surface area contributed by atoms with Crippen molar-refractivity contribution < 1.29 is 19.3 Å². The average molecular weight is 453 g/mol. The largest absolute Gasteiger partial charge is 0.342 e. The van der Waals surface area contributed by atoms with E-state index in [2.05, 4.69) is 10.6 Å². The van der Waals surface area contributed by atoms with Crippen LogP contribution in [0.4, 0.5) is 11.4 Å². The standard InChI is InChI=1S/C23H27N5O5/c1-15(24)23(31)27-13-5-8-20(27)22(30)26-19(14-16-6-3-2-4-7-16)21(29)25-17-9-11-18(12-10-17)28(32)33/h2-4,6-7,9-12,15,19-20H,5,8,13-14,24H2,1H3,(H,25,29)(H,26,30)/t15-,19-,20-/m0/s1. The molecule has 0 radical (unpaired) electrons. The summed E-state index contributed by atoms with van der Waals surface area (Å²) in [5, 5.41) is 16.3. The number of nitro groups is 1. The first-order valence-electron chi connectivity index (χ1n) is 10.7. The molecule has 0 aliphatic carbocycles. The zero-order valence-electron chi connectivity index (χ0n) is 18.3. The van der Waals surface area contributed by atoms with Gasteiger partial charge in [-0.2, -0.15) is 0 Å². The predicted molar refractivity (Wildman–Crippen MR) is 122 cm³/mol. The summed E-state index contributed by atoms with van der Waals surface area (Å²) in [7, 11) is 0. The van der Waals surface area contributed by atoms with E-state index in [0.717, 1.165) is 5.56 Å². The lowest BCUT2D eigenvalue weighted by molar-refractivity contribution is -0.384. The molecule has 4 N–H and O–H groups in total. The van der Waals surface area contributed by atoms with Gasteiger partial charge < -0.3 is 21.3 Å². The molecule has 1 heterocycles. The lowest BCUT2D eigenvalue weighted by Crippen LogP contribution is -2.54. The van der Waals surface area contributed by atoms with Crippen molar-refractivity contribution in [1.82, 2.24) is 10.2 Å². The molecule has 1 saturated heterocycles. The third-order valence-corrected chi connectivity index (χ3v) is 5.49. The first-order valence-corrected chi connectivity index (χ1v) is 10.7. The summed E-state index contributed by atoms with van der Waals surface area (Å²) in [6.45, 7) is 2.02. The number of nitrogens with zero attached hydrogens (tertiary/aromatic N) is 2. The summed E-state index contributed by atoms with van der Waals surface area (Å²) in [6.07, 6.45) is 1.40. The summed E-state index contributed by atoms with van der Waals surface area (Å²) < 4.78 is 0. The number of likely N-dealkylation sites (tertiary alicyclic amines) is 1. The molecule has 1 fully saturated rings. The smallest absolute Gasteiger partial charge is 0.269 e. The van der Waals surface area contributed by atoms with E-state index in [0.29, 0.717) is 25.1 Å². The number of carbonyl (C=O) groups excluding carboxylic acids is 3. The van der Waals surface area contributed by atoms with E-state index < -0.39 is 34.9 Å². The van der Waals surface area contributed by atoms with Crippen molar-refractivity contribution in [2.45, 2.75) is 44.3 Å². The maximum absolute atomic E-state index is 13.1. The number of hydrogen-bond donors (Lipinski definition) is 3. The Morgan fingerprint density at radius 3 is 2.42 bits per heavy atom. The fourth-order valence-electron chi connectivity index (χ4n) is 3.79. The third kappa shape index (κ3) is 6.13. The molecule has 1 aliphatic rings.